The van der Waals surface area contributed by atoms with Gasteiger partial charge in [-0.25, -0.2) is 4.68 Å². The molecule has 3 rings (SSSR count). The molecular formula is C17H22N4O2. The van der Waals surface area contributed by atoms with Gasteiger partial charge in [-0.2, -0.15) is 5.10 Å². The number of aliphatic hydroxyl groups is 1. The summed E-state index contributed by atoms with van der Waals surface area (Å²) < 4.78 is 1.74. The summed E-state index contributed by atoms with van der Waals surface area (Å²) in [4.78, 5) is 16.4. The summed E-state index contributed by atoms with van der Waals surface area (Å²) in [5.74, 6) is 0.251. The van der Waals surface area contributed by atoms with Gasteiger partial charge in [0.05, 0.1) is 29.2 Å². The maximum Gasteiger partial charge on any atom is 0.254 e. The van der Waals surface area contributed by atoms with Gasteiger partial charge in [0.1, 0.15) is 0 Å². The second-order valence-corrected chi connectivity index (χ2v) is 6.16. The van der Waals surface area contributed by atoms with Crippen molar-refractivity contribution >= 4 is 5.91 Å². The first kappa shape index (κ1) is 15.7. The molecule has 1 fully saturated rings. The molecule has 2 aromatic rings. The predicted octanol–water partition coefficient (Wildman–Crippen LogP) is 1.86. The number of rotatable bonds is 4. The maximum absolute atomic E-state index is 12.4. The normalized spacial score (nSPS) is 21.1. The first-order chi connectivity index (χ1) is 11.1. The van der Waals surface area contributed by atoms with Crippen molar-refractivity contribution in [2.24, 2.45) is 5.92 Å². The first-order valence-corrected chi connectivity index (χ1v) is 8.06. The molecule has 0 radical (unpaired) electrons. The average Bonchev–Trinajstić information content (AvgIpc) is 2.95. The fourth-order valence-corrected chi connectivity index (χ4v) is 3.16. The number of aromatic nitrogens is 3. The van der Waals surface area contributed by atoms with Crippen molar-refractivity contribution in [3.05, 3.63) is 42.0 Å². The van der Waals surface area contributed by atoms with E-state index in [1.807, 2.05) is 19.1 Å². The Morgan fingerprint density at radius 2 is 2.17 bits per heavy atom. The Bertz CT molecular complexity index is 668. The maximum atomic E-state index is 12.4. The minimum atomic E-state index is -0.221. The molecule has 1 aliphatic rings. The van der Waals surface area contributed by atoms with Gasteiger partial charge in [-0.15, -0.1) is 0 Å². The van der Waals surface area contributed by atoms with Gasteiger partial charge in [0.25, 0.3) is 5.91 Å². The fourth-order valence-electron chi connectivity index (χ4n) is 3.16. The van der Waals surface area contributed by atoms with Crippen molar-refractivity contribution in [1.29, 1.82) is 0 Å². The Hall–Kier alpha value is -2.21. The van der Waals surface area contributed by atoms with Gasteiger partial charge in [0.2, 0.25) is 0 Å². The average molecular weight is 314 g/mol. The second-order valence-electron chi connectivity index (χ2n) is 6.16. The van der Waals surface area contributed by atoms with E-state index in [-0.39, 0.29) is 12.0 Å². The molecule has 6 heteroatoms. The number of nitrogens with one attached hydrogen (secondary N) is 1. The van der Waals surface area contributed by atoms with Crippen LogP contribution >= 0.6 is 0 Å². The third-order valence-corrected chi connectivity index (χ3v) is 4.47. The van der Waals surface area contributed by atoms with Crippen LogP contribution in [0.1, 0.15) is 41.7 Å². The van der Waals surface area contributed by atoms with Crippen LogP contribution in [0.5, 0.6) is 0 Å². The minimum Gasteiger partial charge on any atom is -0.393 e. The van der Waals surface area contributed by atoms with Crippen molar-refractivity contribution < 1.29 is 9.90 Å². The lowest BCUT2D eigenvalue weighted by atomic mass is 9.87. The van der Waals surface area contributed by atoms with Gasteiger partial charge in [-0.1, -0.05) is 6.42 Å². The summed E-state index contributed by atoms with van der Waals surface area (Å²) >= 11 is 0. The molecule has 122 valence electrons. The summed E-state index contributed by atoms with van der Waals surface area (Å²) in [6, 6.07) is 3.70. The number of aliphatic hydroxyl groups excluding tert-OH is 1. The molecule has 2 aromatic heterocycles. The Kier molecular flexibility index (Phi) is 4.71. The molecule has 2 unspecified atom stereocenters. The highest BCUT2D eigenvalue weighted by Crippen LogP contribution is 2.23. The van der Waals surface area contributed by atoms with E-state index in [9.17, 15) is 9.90 Å². The number of pyridine rings is 1. The fraction of sp³-hybridized carbons (Fsp3) is 0.471. The van der Waals surface area contributed by atoms with E-state index in [2.05, 4.69) is 15.4 Å². The molecule has 2 heterocycles. The van der Waals surface area contributed by atoms with E-state index >= 15 is 0 Å². The van der Waals surface area contributed by atoms with Gasteiger partial charge < -0.3 is 10.4 Å². The Morgan fingerprint density at radius 3 is 2.91 bits per heavy atom. The third kappa shape index (κ3) is 3.59. The number of carbonyl (C=O) groups excluding carboxylic acids is 1. The Balaban J connectivity index is 1.65. The first-order valence-electron chi connectivity index (χ1n) is 8.06. The second kappa shape index (κ2) is 6.91. The minimum absolute atomic E-state index is 0.108. The lowest BCUT2D eigenvalue weighted by molar-refractivity contribution is 0.0873. The summed E-state index contributed by atoms with van der Waals surface area (Å²) in [7, 11) is 0. The van der Waals surface area contributed by atoms with Crippen LogP contribution in [0.3, 0.4) is 0 Å². The van der Waals surface area contributed by atoms with Crippen molar-refractivity contribution in [1.82, 2.24) is 20.1 Å². The largest absolute Gasteiger partial charge is 0.393 e. The van der Waals surface area contributed by atoms with Crippen LogP contribution in [-0.2, 0) is 0 Å². The molecule has 6 nitrogen and oxygen atoms in total. The van der Waals surface area contributed by atoms with E-state index in [0.29, 0.717) is 18.0 Å². The van der Waals surface area contributed by atoms with Crippen molar-refractivity contribution in [2.45, 2.75) is 38.7 Å². The Labute approximate surface area is 135 Å². The molecular weight excluding hydrogens is 292 g/mol. The van der Waals surface area contributed by atoms with E-state index in [1.165, 1.54) is 0 Å². The van der Waals surface area contributed by atoms with Crippen molar-refractivity contribution in [3.63, 3.8) is 0 Å². The zero-order valence-corrected chi connectivity index (χ0v) is 13.3. The van der Waals surface area contributed by atoms with Crippen LogP contribution in [0.15, 0.2) is 30.7 Å². The molecule has 23 heavy (non-hydrogen) atoms. The molecule has 1 amide bonds. The Morgan fingerprint density at radius 1 is 1.39 bits per heavy atom. The number of hydrogen-bond donors (Lipinski definition) is 2. The van der Waals surface area contributed by atoms with Crippen LogP contribution in [0.2, 0.25) is 0 Å². The van der Waals surface area contributed by atoms with Crippen LogP contribution < -0.4 is 5.32 Å². The highest BCUT2D eigenvalue weighted by molar-refractivity contribution is 5.95. The molecule has 2 N–H and O–H groups in total. The predicted molar refractivity (Wildman–Crippen MR) is 86.4 cm³/mol. The highest BCUT2D eigenvalue weighted by Gasteiger charge is 2.21. The molecule has 1 saturated carbocycles. The van der Waals surface area contributed by atoms with E-state index in [0.717, 1.165) is 37.1 Å². The molecule has 1 aliphatic carbocycles. The molecule has 0 bridgehead atoms. The van der Waals surface area contributed by atoms with Gasteiger partial charge >= 0.3 is 0 Å². The smallest absolute Gasteiger partial charge is 0.254 e. The molecule has 0 aliphatic heterocycles. The van der Waals surface area contributed by atoms with E-state index in [1.54, 1.807) is 23.3 Å². The SMILES string of the molecule is Cc1c(C(=O)NCC2CCCC(O)C2)cnn1-c1ccncc1. The molecule has 2 atom stereocenters. The quantitative estimate of drug-likeness (QED) is 0.902. The standard InChI is InChI=1S/C17H22N4O2/c1-12-16(11-20-21(12)14-5-7-18-8-6-14)17(23)19-10-13-3-2-4-15(22)9-13/h5-8,11,13,15,22H,2-4,9-10H2,1H3,(H,19,23). The van der Waals surface area contributed by atoms with E-state index < -0.39 is 0 Å². The summed E-state index contributed by atoms with van der Waals surface area (Å²) in [6.45, 7) is 2.49. The zero-order chi connectivity index (χ0) is 16.2. The van der Waals surface area contributed by atoms with Gasteiger partial charge in [0, 0.05) is 18.9 Å². The number of amides is 1. The summed E-state index contributed by atoms with van der Waals surface area (Å²) in [6.07, 6.45) is 8.52. The monoisotopic (exact) mass is 314 g/mol. The number of carbonyl (C=O) groups is 1. The van der Waals surface area contributed by atoms with Crippen LogP contribution in [0, 0.1) is 12.8 Å². The third-order valence-electron chi connectivity index (χ3n) is 4.47. The summed E-state index contributed by atoms with van der Waals surface area (Å²) in [5.41, 5.74) is 2.27. The zero-order valence-electron chi connectivity index (χ0n) is 13.3. The van der Waals surface area contributed by atoms with Crippen LogP contribution in [0.4, 0.5) is 0 Å². The lowest BCUT2D eigenvalue weighted by Crippen LogP contribution is -2.33. The van der Waals surface area contributed by atoms with Crippen LogP contribution in [0.25, 0.3) is 5.69 Å². The summed E-state index contributed by atoms with van der Waals surface area (Å²) in [5, 5.41) is 17.0. The van der Waals surface area contributed by atoms with Gasteiger partial charge in [-0.3, -0.25) is 9.78 Å². The molecule has 0 aromatic carbocycles. The van der Waals surface area contributed by atoms with Crippen molar-refractivity contribution in [3.8, 4) is 5.69 Å². The number of nitrogens with zero attached hydrogens (tertiary/aromatic N) is 3. The van der Waals surface area contributed by atoms with E-state index in [4.69, 9.17) is 0 Å². The number of hydrogen-bond acceptors (Lipinski definition) is 4. The van der Waals surface area contributed by atoms with Gasteiger partial charge in [0.15, 0.2) is 0 Å². The van der Waals surface area contributed by atoms with Crippen LogP contribution in [-0.4, -0.2) is 38.4 Å². The topological polar surface area (TPSA) is 80.0 Å². The molecule has 0 saturated heterocycles. The lowest BCUT2D eigenvalue weighted by Gasteiger charge is -2.25. The van der Waals surface area contributed by atoms with Crippen molar-refractivity contribution in [2.75, 3.05) is 6.54 Å². The molecule has 0 spiro atoms. The highest BCUT2D eigenvalue weighted by atomic mass is 16.3. The van der Waals surface area contributed by atoms with Gasteiger partial charge in [-0.05, 0) is 44.2 Å².